The quantitative estimate of drug-likeness (QED) is 0.176. The lowest BCUT2D eigenvalue weighted by Gasteiger charge is -2.23. The summed E-state index contributed by atoms with van der Waals surface area (Å²) in [6.07, 6.45) is 0. The third kappa shape index (κ3) is 5.40. The van der Waals surface area contributed by atoms with Crippen molar-refractivity contribution >= 4 is 32.3 Å². The normalized spacial score (nSPS) is 12.9. The van der Waals surface area contributed by atoms with Gasteiger partial charge >= 0.3 is 0 Å². The monoisotopic (exact) mass is 726 g/mol. The SMILES string of the molecule is CC1(C)c2cc(-c3cccc(-c4ccc(-c5nc(-c6ccccc6)cc(-c6cccc7ccccc67)n5)c5ccccc45)c3)ccc2-c2ccc3ccccc3c21. The molecule has 57 heavy (non-hydrogen) atoms. The van der Waals surface area contributed by atoms with Gasteiger partial charge in [-0.1, -0.05) is 184 Å². The summed E-state index contributed by atoms with van der Waals surface area (Å²) in [4.78, 5) is 10.6. The largest absolute Gasteiger partial charge is 0.228 e. The van der Waals surface area contributed by atoms with Gasteiger partial charge in [0.1, 0.15) is 0 Å². The highest BCUT2D eigenvalue weighted by atomic mass is 14.9. The number of hydrogen-bond donors (Lipinski definition) is 0. The van der Waals surface area contributed by atoms with Gasteiger partial charge in [-0.05, 0) is 101 Å². The number of aromatic nitrogens is 2. The molecule has 0 N–H and O–H groups in total. The zero-order valence-electron chi connectivity index (χ0n) is 31.9. The van der Waals surface area contributed by atoms with Gasteiger partial charge in [0.05, 0.1) is 11.4 Å². The Kier molecular flexibility index (Phi) is 7.55. The maximum Gasteiger partial charge on any atom is 0.161 e. The zero-order chi connectivity index (χ0) is 38.1. The summed E-state index contributed by atoms with van der Waals surface area (Å²) in [5.74, 6) is 0.713. The molecule has 2 nitrogen and oxygen atoms in total. The molecule has 2 heteroatoms. The van der Waals surface area contributed by atoms with E-state index in [9.17, 15) is 0 Å². The standard InChI is InChI=1S/C55H38N2/c1-55(2)50-33-39(27-28-46(50)48-29-26-36-15-7-9-22-43(36)53(48)55)38-19-12-20-40(32-38)42-30-31-49(45-24-11-10-23-44(42)45)54-56-51(37-16-4-3-5-17-37)34-52(57-54)47-25-13-18-35-14-6-8-21-41(35)47/h3-34H,1-2H3. The van der Waals surface area contributed by atoms with Crippen LogP contribution in [0.3, 0.4) is 0 Å². The van der Waals surface area contributed by atoms with E-state index in [2.05, 4.69) is 202 Å². The molecule has 0 unspecified atom stereocenters. The minimum absolute atomic E-state index is 0.113. The Hall–Kier alpha value is -7.16. The molecule has 1 aliphatic rings. The van der Waals surface area contributed by atoms with Crippen molar-refractivity contribution in [2.75, 3.05) is 0 Å². The van der Waals surface area contributed by atoms with E-state index in [1.165, 1.54) is 71.4 Å². The first-order valence-electron chi connectivity index (χ1n) is 19.7. The maximum absolute atomic E-state index is 5.32. The highest BCUT2D eigenvalue weighted by molar-refractivity contribution is 6.05. The Bertz CT molecular complexity index is 3210. The Morgan fingerprint density at radius 1 is 0.333 bits per heavy atom. The number of nitrogens with zero attached hydrogens (tertiary/aromatic N) is 2. The highest BCUT2D eigenvalue weighted by Gasteiger charge is 2.37. The van der Waals surface area contributed by atoms with Crippen LogP contribution in [-0.4, -0.2) is 9.97 Å². The molecule has 0 amide bonds. The van der Waals surface area contributed by atoms with Crippen LogP contribution < -0.4 is 0 Å². The van der Waals surface area contributed by atoms with E-state index in [1.807, 2.05) is 6.07 Å². The van der Waals surface area contributed by atoms with Crippen molar-refractivity contribution in [3.8, 4) is 67.3 Å². The summed E-state index contributed by atoms with van der Waals surface area (Å²) >= 11 is 0. The van der Waals surface area contributed by atoms with Crippen molar-refractivity contribution in [3.05, 3.63) is 205 Å². The third-order valence-corrected chi connectivity index (χ3v) is 12.1. The Labute approximate surface area is 332 Å². The van der Waals surface area contributed by atoms with Gasteiger partial charge in [-0.25, -0.2) is 9.97 Å². The van der Waals surface area contributed by atoms with Crippen molar-refractivity contribution in [3.63, 3.8) is 0 Å². The molecule has 11 rings (SSSR count). The van der Waals surface area contributed by atoms with Crippen molar-refractivity contribution in [2.24, 2.45) is 0 Å². The molecular weight excluding hydrogens is 689 g/mol. The maximum atomic E-state index is 5.32. The minimum Gasteiger partial charge on any atom is -0.228 e. The Morgan fingerprint density at radius 2 is 0.895 bits per heavy atom. The first-order chi connectivity index (χ1) is 28.0. The van der Waals surface area contributed by atoms with Gasteiger partial charge < -0.3 is 0 Å². The molecule has 0 spiro atoms. The summed E-state index contributed by atoms with van der Waals surface area (Å²) in [5, 5.41) is 7.30. The summed E-state index contributed by atoms with van der Waals surface area (Å²) < 4.78 is 0. The van der Waals surface area contributed by atoms with Gasteiger partial charge in [0.15, 0.2) is 5.82 Å². The summed E-state index contributed by atoms with van der Waals surface area (Å²) in [6.45, 7) is 4.75. The van der Waals surface area contributed by atoms with Crippen molar-refractivity contribution < 1.29 is 0 Å². The van der Waals surface area contributed by atoms with E-state index in [0.29, 0.717) is 5.82 Å². The molecule has 268 valence electrons. The second-order valence-corrected chi connectivity index (χ2v) is 15.7. The summed E-state index contributed by atoms with van der Waals surface area (Å²) in [5.41, 5.74) is 15.2. The third-order valence-electron chi connectivity index (χ3n) is 12.1. The number of benzene rings is 9. The summed E-state index contributed by atoms with van der Waals surface area (Å²) in [7, 11) is 0. The van der Waals surface area contributed by atoms with Crippen LogP contribution in [0.1, 0.15) is 25.0 Å². The average molecular weight is 727 g/mol. The predicted octanol–water partition coefficient (Wildman–Crippen LogP) is 14.6. The molecule has 0 fully saturated rings. The Morgan fingerprint density at radius 3 is 1.72 bits per heavy atom. The van der Waals surface area contributed by atoms with E-state index in [0.717, 1.165) is 33.5 Å². The van der Waals surface area contributed by atoms with Crippen molar-refractivity contribution in [2.45, 2.75) is 19.3 Å². The van der Waals surface area contributed by atoms with Crippen LogP contribution in [0.2, 0.25) is 0 Å². The molecule has 1 aromatic heterocycles. The van der Waals surface area contributed by atoms with Crippen molar-refractivity contribution in [1.82, 2.24) is 9.97 Å². The highest BCUT2D eigenvalue weighted by Crippen LogP contribution is 2.52. The fraction of sp³-hybridized carbons (Fsp3) is 0.0545. The molecule has 0 atom stereocenters. The predicted molar refractivity (Wildman–Crippen MR) is 239 cm³/mol. The van der Waals surface area contributed by atoms with Gasteiger partial charge in [-0.3, -0.25) is 0 Å². The molecule has 0 saturated heterocycles. The topological polar surface area (TPSA) is 25.8 Å². The van der Waals surface area contributed by atoms with Gasteiger partial charge in [-0.15, -0.1) is 0 Å². The second kappa shape index (κ2) is 13.0. The van der Waals surface area contributed by atoms with E-state index in [-0.39, 0.29) is 5.41 Å². The van der Waals surface area contributed by atoms with Crippen LogP contribution in [0.4, 0.5) is 0 Å². The van der Waals surface area contributed by atoms with Gasteiger partial charge in [0.2, 0.25) is 0 Å². The molecule has 10 aromatic rings. The molecule has 0 bridgehead atoms. The van der Waals surface area contributed by atoms with Crippen LogP contribution in [0.5, 0.6) is 0 Å². The molecule has 9 aromatic carbocycles. The lowest BCUT2D eigenvalue weighted by Crippen LogP contribution is -2.15. The fourth-order valence-electron chi connectivity index (χ4n) is 9.30. The Balaban J connectivity index is 1.02. The van der Waals surface area contributed by atoms with Crippen molar-refractivity contribution in [1.29, 1.82) is 0 Å². The van der Waals surface area contributed by atoms with E-state index < -0.39 is 0 Å². The molecule has 0 radical (unpaired) electrons. The lowest BCUT2D eigenvalue weighted by atomic mass is 9.79. The average Bonchev–Trinajstić information content (AvgIpc) is 3.51. The number of rotatable bonds is 5. The first kappa shape index (κ1) is 33.2. The molecule has 1 heterocycles. The van der Waals surface area contributed by atoms with Gasteiger partial charge in [0, 0.05) is 22.1 Å². The van der Waals surface area contributed by atoms with Crippen LogP contribution in [0.15, 0.2) is 194 Å². The minimum atomic E-state index is -0.113. The summed E-state index contributed by atoms with van der Waals surface area (Å²) in [6, 6.07) is 70.1. The molecule has 0 aliphatic heterocycles. The second-order valence-electron chi connectivity index (χ2n) is 15.7. The zero-order valence-corrected chi connectivity index (χ0v) is 31.9. The van der Waals surface area contributed by atoms with Gasteiger partial charge in [-0.2, -0.15) is 0 Å². The molecular formula is C55H38N2. The van der Waals surface area contributed by atoms with E-state index >= 15 is 0 Å². The smallest absolute Gasteiger partial charge is 0.161 e. The lowest BCUT2D eigenvalue weighted by molar-refractivity contribution is 0.666. The first-order valence-corrected chi connectivity index (χ1v) is 19.7. The van der Waals surface area contributed by atoms with Gasteiger partial charge in [0.25, 0.3) is 0 Å². The fourth-order valence-corrected chi connectivity index (χ4v) is 9.30. The van der Waals surface area contributed by atoms with Crippen LogP contribution in [-0.2, 0) is 5.41 Å². The molecule has 0 saturated carbocycles. The number of hydrogen-bond acceptors (Lipinski definition) is 2. The van der Waals surface area contributed by atoms with Crippen LogP contribution in [0, 0.1) is 0 Å². The number of fused-ring (bicyclic) bond motifs is 7. The van der Waals surface area contributed by atoms with E-state index in [1.54, 1.807) is 0 Å². The van der Waals surface area contributed by atoms with E-state index in [4.69, 9.17) is 9.97 Å². The van der Waals surface area contributed by atoms with Crippen LogP contribution >= 0.6 is 0 Å². The van der Waals surface area contributed by atoms with Crippen LogP contribution in [0.25, 0.3) is 99.6 Å². The molecule has 1 aliphatic carbocycles.